The number of hydrogen-bond donors (Lipinski definition) is 1. The molecule has 0 fully saturated rings. The van der Waals surface area contributed by atoms with Crippen molar-refractivity contribution >= 4 is 15.9 Å². The van der Waals surface area contributed by atoms with Gasteiger partial charge in [0, 0.05) is 4.47 Å². The topological polar surface area (TPSA) is 21.3 Å². The second kappa shape index (κ2) is 9.41. The molecule has 1 aromatic carbocycles. The van der Waals surface area contributed by atoms with Gasteiger partial charge in [0.25, 0.3) is 0 Å². The Morgan fingerprint density at radius 3 is 2.35 bits per heavy atom. The van der Waals surface area contributed by atoms with Gasteiger partial charge in [0.1, 0.15) is 5.75 Å². The van der Waals surface area contributed by atoms with Crippen molar-refractivity contribution < 1.29 is 4.74 Å². The number of ether oxygens (including phenoxy) is 1. The molecular weight excluding hydrogens is 314 g/mol. The first-order valence-corrected chi connectivity index (χ1v) is 8.40. The fourth-order valence-corrected chi connectivity index (χ4v) is 2.33. The third-order valence-corrected chi connectivity index (χ3v) is 4.48. The zero-order valence-electron chi connectivity index (χ0n) is 13.3. The molecule has 1 N–H and O–H groups in total. The van der Waals surface area contributed by atoms with Crippen LogP contribution < -0.4 is 10.1 Å². The molecule has 0 aliphatic heterocycles. The first-order chi connectivity index (χ1) is 9.50. The monoisotopic (exact) mass is 341 g/mol. The quantitative estimate of drug-likeness (QED) is 0.647. The average molecular weight is 342 g/mol. The van der Waals surface area contributed by atoms with Crippen molar-refractivity contribution in [1.82, 2.24) is 5.32 Å². The molecule has 114 valence electrons. The molecule has 0 aliphatic rings. The maximum atomic E-state index is 5.83. The molecule has 0 saturated heterocycles. The fraction of sp³-hybridized carbons (Fsp3) is 0.647. The molecular formula is C17H28BrNO. The van der Waals surface area contributed by atoms with Gasteiger partial charge in [-0.1, -0.05) is 29.8 Å². The summed E-state index contributed by atoms with van der Waals surface area (Å²) in [5.74, 6) is 1.73. The lowest BCUT2D eigenvalue weighted by Gasteiger charge is -2.10. The van der Waals surface area contributed by atoms with Crippen molar-refractivity contribution in [3.05, 3.63) is 27.7 Å². The van der Waals surface area contributed by atoms with Crippen LogP contribution in [0.2, 0.25) is 0 Å². The van der Waals surface area contributed by atoms with Gasteiger partial charge in [0.2, 0.25) is 0 Å². The number of nitrogens with one attached hydrogen (secondary N) is 1. The highest BCUT2D eigenvalue weighted by Gasteiger charge is 2.03. The number of unbranched alkanes of at least 4 members (excludes halogenated alkanes) is 2. The highest BCUT2D eigenvalue weighted by atomic mass is 79.9. The molecule has 1 aromatic rings. The van der Waals surface area contributed by atoms with E-state index in [1.54, 1.807) is 0 Å². The summed E-state index contributed by atoms with van der Waals surface area (Å²) in [5, 5.41) is 3.47. The molecule has 20 heavy (non-hydrogen) atoms. The van der Waals surface area contributed by atoms with E-state index in [0.717, 1.165) is 37.8 Å². The van der Waals surface area contributed by atoms with Crippen molar-refractivity contribution in [1.29, 1.82) is 0 Å². The van der Waals surface area contributed by atoms with E-state index in [4.69, 9.17) is 4.74 Å². The molecule has 0 radical (unpaired) electrons. The molecule has 1 rings (SSSR count). The molecule has 0 bridgehead atoms. The predicted octanol–water partition coefficient (Wildman–Crippen LogP) is 4.86. The average Bonchev–Trinajstić information content (AvgIpc) is 2.38. The van der Waals surface area contributed by atoms with Crippen molar-refractivity contribution in [2.24, 2.45) is 5.92 Å². The van der Waals surface area contributed by atoms with Crippen LogP contribution in [0.25, 0.3) is 0 Å². The molecule has 0 aromatic heterocycles. The van der Waals surface area contributed by atoms with Crippen LogP contribution in [0, 0.1) is 19.8 Å². The Morgan fingerprint density at radius 2 is 1.75 bits per heavy atom. The SMILES string of the molecule is Cc1cc(OCCCCCNCC(C)C)cc(C)c1Br. The van der Waals surface area contributed by atoms with E-state index in [2.05, 4.69) is 61.1 Å². The maximum Gasteiger partial charge on any atom is 0.119 e. The number of aryl methyl sites for hydroxylation is 2. The summed E-state index contributed by atoms with van der Waals surface area (Å²) in [5.41, 5.74) is 2.47. The van der Waals surface area contributed by atoms with Crippen molar-refractivity contribution in [2.75, 3.05) is 19.7 Å². The van der Waals surface area contributed by atoms with Gasteiger partial charge in [-0.25, -0.2) is 0 Å². The third kappa shape index (κ3) is 6.76. The van der Waals surface area contributed by atoms with E-state index in [1.807, 2.05) is 0 Å². The molecule has 2 nitrogen and oxygen atoms in total. The van der Waals surface area contributed by atoms with Gasteiger partial charge in [0.05, 0.1) is 6.61 Å². The van der Waals surface area contributed by atoms with Crippen LogP contribution in [0.4, 0.5) is 0 Å². The van der Waals surface area contributed by atoms with E-state index < -0.39 is 0 Å². The summed E-state index contributed by atoms with van der Waals surface area (Å²) in [6.07, 6.45) is 3.57. The molecule has 0 spiro atoms. The smallest absolute Gasteiger partial charge is 0.119 e. The Kier molecular flexibility index (Phi) is 8.24. The minimum absolute atomic E-state index is 0.738. The second-order valence-electron chi connectivity index (χ2n) is 5.88. The van der Waals surface area contributed by atoms with Crippen LogP contribution in [0.5, 0.6) is 5.75 Å². The minimum atomic E-state index is 0.738. The van der Waals surface area contributed by atoms with E-state index in [1.165, 1.54) is 28.4 Å². The molecule has 0 amide bonds. The summed E-state index contributed by atoms with van der Waals surface area (Å²) in [7, 11) is 0. The van der Waals surface area contributed by atoms with Gasteiger partial charge >= 0.3 is 0 Å². The lowest BCUT2D eigenvalue weighted by molar-refractivity contribution is 0.304. The van der Waals surface area contributed by atoms with Gasteiger partial charge < -0.3 is 10.1 Å². The van der Waals surface area contributed by atoms with E-state index >= 15 is 0 Å². The first kappa shape index (κ1) is 17.5. The van der Waals surface area contributed by atoms with Gasteiger partial charge in [-0.05, 0) is 75.4 Å². The zero-order valence-corrected chi connectivity index (χ0v) is 14.8. The lowest BCUT2D eigenvalue weighted by atomic mass is 10.1. The van der Waals surface area contributed by atoms with E-state index in [-0.39, 0.29) is 0 Å². The highest BCUT2D eigenvalue weighted by Crippen LogP contribution is 2.26. The van der Waals surface area contributed by atoms with Gasteiger partial charge in [0.15, 0.2) is 0 Å². The van der Waals surface area contributed by atoms with E-state index in [0.29, 0.717) is 0 Å². The molecule has 0 unspecified atom stereocenters. The van der Waals surface area contributed by atoms with Gasteiger partial charge in [-0.15, -0.1) is 0 Å². The summed E-state index contributed by atoms with van der Waals surface area (Å²) in [4.78, 5) is 0. The van der Waals surface area contributed by atoms with Crippen LogP contribution in [-0.4, -0.2) is 19.7 Å². The molecule has 0 aliphatic carbocycles. The number of benzene rings is 1. The fourth-order valence-electron chi connectivity index (χ4n) is 2.10. The predicted molar refractivity (Wildman–Crippen MR) is 90.7 cm³/mol. The van der Waals surface area contributed by atoms with Crippen LogP contribution in [0.1, 0.15) is 44.2 Å². The van der Waals surface area contributed by atoms with Crippen LogP contribution in [0.3, 0.4) is 0 Å². The highest BCUT2D eigenvalue weighted by molar-refractivity contribution is 9.10. The minimum Gasteiger partial charge on any atom is -0.494 e. The molecule has 0 atom stereocenters. The summed E-state index contributed by atoms with van der Waals surface area (Å²) in [6.45, 7) is 11.7. The van der Waals surface area contributed by atoms with Gasteiger partial charge in [-0.3, -0.25) is 0 Å². The molecule has 3 heteroatoms. The normalized spacial score (nSPS) is 11.1. The maximum absolute atomic E-state index is 5.83. The summed E-state index contributed by atoms with van der Waals surface area (Å²) in [6, 6.07) is 4.20. The zero-order chi connectivity index (χ0) is 15.0. The number of halogens is 1. The van der Waals surface area contributed by atoms with E-state index in [9.17, 15) is 0 Å². The summed E-state index contributed by atoms with van der Waals surface area (Å²) < 4.78 is 7.01. The Hall–Kier alpha value is -0.540. The Morgan fingerprint density at radius 1 is 1.10 bits per heavy atom. The summed E-state index contributed by atoms with van der Waals surface area (Å²) >= 11 is 3.58. The Balaban J connectivity index is 2.13. The lowest BCUT2D eigenvalue weighted by Crippen LogP contribution is -2.20. The Bertz CT molecular complexity index is 381. The molecule has 0 heterocycles. The molecule has 0 saturated carbocycles. The standard InChI is InChI=1S/C17H28BrNO/c1-13(2)12-19-8-6-5-7-9-20-16-10-14(3)17(18)15(4)11-16/h10-11,13,19H,5-9,12H2,1-4H3. The van der Waals surface area contributed by atoms with Crippen LogP contribution >= 0.6 is 15.9 Å². The second-order valence-corrected chi connectivity index (χ2v) is 6.67. The van der Waals surface area contributed by atoms with Crippen molar-refractivity contribution in [3.63, 3.8) is 0 Å². The number of rotatable bonds is 9. The van der Waals surface area contributed by atoms with Gasteiger partial charge in [-0.2, -0.15) is 0 Å². The first-order valence-electron chi connectivity index (χ1n) is 7.61. The number of hydrogen-bond acceptors (Lipinski definition) is 2. The van der Waals surface area contributed by atoms with Crippen molar-refractivity contribution in [2.45, 2.75) is 47.0 Å². The van der Waals surface area contributed by atoms with Crippen molar-refractivity contribution in [3.8, 4) is 5.75 Å². The third-order valence-electron chi connectivity index (χ3n) is 3.23. The van der Waals surface area contributed by atoms with Crippen LogP contribution in [-0.2, 0) is 0 Å². The largest absolute Gasteiger partial charge is 0.494 e. The van der Waals surface area contributed by atoms with Crippen LogP contribution in [0.15, 0.2) is 16.6 Å². The Labute approximate surface area is 132 Å².